The molecule has 0 radical (unpaired) electrons. The van der Waals surface area contributed by atoms with Crippen LogP contribution in [0.2, 0.25) is 0 Å². The zero-order chi connectivity index (χ0) is 9.26. The number of hydrogen-bond acceptors (Lipinski definition) is 2. The molecule has 0 aromatic carbocycles. The summed E-state index contributed by atoms with van der Waals surface area (Å²) in [5, 5.41) is 12.1. The van der Waals surface area contributed by atoms with Crippen molar-refractivity contribution < 1.29 is 9.90 Å². The molecule has 0 spiro atoms. The minimum absolute atomic E-state index is 0.0279. The summed E-state index contributed by atoms with van der Waals surface area (Å²) in [6.45, 7) is 2.25. The Morgan fingerprint density at radius 2 is 1.77 bits per heavy atom. The molecular formula is C10H17NO2. The van der Waals surface area contributed by atoms with Crippen molar-refractivity contribution >= 4 is 5.97 Å². The first-order valence-corrected chi connectivity index (χ1v) is 5.21. The second kappa shape index (κ2) is 3.66. The molecule has 3 heteroatoms. The number of carbonyl (C=O) groups is 1. The van der Waals surface area contributed by atoms with Gasteiger partial charge in [0, 0.05) is 0 Å². The first-order chi connectivity index (χ1) is 6.27. The SMILES string of the molecule is O=C(O)C1CC(C2CCNCC2)C1. The average molecular weight is 183 g/mol. The molecule has 0 unspecified atom stereocenters. The Balaban J connectivity index is 1.75. The number of hydrogen-bond donors (Lipinski definition) is 2. The molecule has 2 fully saturated rings. The van der Waals surface area contributed by atoms with Crippen molar-refractivity contribution in [1.29, 1.82) is 0 Å². The van der Waals surface area contributed by atoms with E-state index >= 15 is 0 Å². The van der Waals surface area contributed by atoms with Gasteiger partial charge in [0.25, 0.3) is 0 Å². The molecule has 1 aliphatic carbocycles. The van der Waals surface area contributed by atoms with Crippen LogP contribution < -0.4 is 5.32 Å². The molecule has 0 amide bonds. The molecular weight excluding hydrogens is 166 g/mol. The van der Waals surface area contributed by atoms with Crippen LogP contribution in [0, 0.1) is 17.8 Å². The number of carboxylic acid groups (broad SMARTS) is 1. The maximum Gasteiger partial charge on any atom is 0.306 e. The lowest BCUT2D eigenvalue weighted by Gasteiger charge is -2.40. The van der Waals surface area contributed by atoms with Crippen LogP contribution in [-0.2, 0) is 4.79 Å². The predicted molar refractivity (Wildman–Crippen MR) is 49.4 cm³/mol. The Kier molecular flexibility index (Phi) is 2.54. The number of nitrogens with one attached hydrogen (secondary N) is 1. The highest BCUT2D eigenvalue weighted by Gasteiger charge is 2.38. The fourth-order valence-corrected chi connectivity index (χ4v) is 2.56. The van der Waals surface area contributed by atoms with Crippen LogP contribution in [0.25, 0.3) is 0 Å². The second-order valence-electron chi connectivity index (χ2n) is 4.35. The highest BCUT2D eigenvalue weighted by atomic mass is 16.4. The minimum atomic E-state index is -0.592. The van der Waals surface area contributed by atoms with E-state index in [-0.39, 0.29) is 5.92 Å². The summed E-state index contributed by atoms with van der Waals surface area (Å²) in [4.78, 5) is 10.6. The monoisotopic (exact) mass is 183 g/mol. The van der Waals surface area contributed by atoms with Crippen LogP contribution in [-0.4, -0.2) is 24.2 Å². The van der Waals surface area contributed by atoms with Gasteiger partial charge in [-0.05, 0) is 50.6 Å². The summed E-state index contributed by atoms with van der Waals surface area (Å²) in [5.41, 5.74) is 0. The van der Waals surface area contributed by atoms with Gasteiger partial charge in [0.05, 0.1) is 5.92 Å². The Morgan fingerprint density at radius 3 is 2.31 bits per heavy atom. The highest BCUT2D eigenvalue weighted by Crippen LogP contribution is 2.42. The van der Waals surface area contributed by atoms with E-state index in [1.807, 2.05) is 0 Å². The van der Waals surface area contributed by atoms with Gasteiger partial charge in [0.1, 0.15) is 0 Å². The fourth-order valence-electron chi connectivity index (χ4n) is 2.56. The summed E-state index contributed by atoms with van der Waals surface area (Å²) in [6.07, 6.45) is 4.36. The molecule has 0 bridgehead atoms. The smallest absolute Gasteiger partial charge is 0.306 e. The molecule has 2 N–H and O–H groups in total. The van der Waals surface area contributed by atoms with Gasteiger partial charge >= 0.3 is 5.97 Å². The minimum Gasteiger partial charge on any atom is -0.481 e. The third kappa shape index (κ3) is 1.85. The third-order valence-electron chi connectivity index (χ3n) is 3.57. The van der Waals surface area contributed by atoms with E-state index in [1.165, 1.54) is 12.8 Å². The molecule has 74 valence electrons. The van der Waals surface area contributed by atoms with E-state index in [1.54, 1.807) is 0 Å². The van der Waals surface area contributed by atoms with Crippen molar-refractivity contribution in [2.45, 2.75) is 25.7 Å². The highest BCUT2D eigenvalue weighted by molar-refractivity contribution is 5.71. The van der Waals surface area contributed by atoms with Crippen molar-refractivity contribution in [3.05, 3.63) is 0 Å². The maximum absolute atomic E-state index is 10.6. The first kappa shape index (κ1) is 9.00. The summed E-state index contributed by atoms with van der Waals surface area (Å²) >= 11 is 0. The van der Waals surface area contributed by atoms with Gasteiger partial charge in [0.15, 0.2) is 0 Å². The Bertz CT molecular complexity index is 193. The lowest BCUT2D eigenvalue weighted by molar-refractivity contribution is -0.147. The van der Waals surface area contributed by atoms with E-state index in [0.717, 1.165) is 31.8 Å². The normalized spacial score (nSPS) is 35.4. The number of piperidine rings is 1. The van der Waals surface area contributed by atoms with E-state index in [2.05, 4.69) is 5.32 Å². The molecule has 1 heterocycles. The standard InChI is InChI=1S/C10H17NO2/c12-10(13)9-5-8(6-9)7-1-3-11-4-2-7/h7-9,11H,1-6H2,(H,12,13). The lowest BCUT2D eigenvalue weighted by Crippen LogP contribution is -2.39. The van der Waals surface area contributed by atoms with Crippen molar-refractivity contribution in [3.8, 4) is 0 Å². The van der Waals surface area contributed by atoms with Crippen LogP contribution in [0.1, 0.15) is 25.7 Å². The van der Waals surface area contributed by atoms with Crippen LogP contribution >= 0.6 is 0 Å². The van der Waals surface area contributed by atoms with E-state index in [0.29, 0.717) is 5.92 Å². The largest absolute Gasteiger partial charge is 0.481 e. The zero-order valence-corrected chi connectivity index (χ0v) is 7.83. The summed E-state index contributed by atoms with van der Waals surface area (Å²) in [6, 6.07) is 0. The van der Waals surface area contributed by atoms with Crippen LogP contribution in [0.4, 0.5) is 0 Å². The van der Waals surface area contributed by atoms with Gasteiger partial charge in [-0.2, -0.15) is 0 Å². The van der Waals surface area contributed by atoms with E-state index in [4.69, 9.17) is 5.11 Å². The number of aliphatic carboxylic acids is 1. The molecule has 1 saturated heterocycles. The molecule has 0 aromatic rings. The van der Waals surface area contributed by atoms with Gasteiger partial charge in [-0.25, -0.2) is 0 Å². The fraction of sp³-hybridized carbons (Fsp3) is 0.900. The zero-order valence-electron chi connectivity index (χ0n) is 7.83. The van der Waals surface area contributed by atoms with E-state index < -0.39 is 5.97 Å². The van der Waals surface area contributed by atoms with Gasteiger partial charge in [0.2, 0.25) is 0 Å². The molecule has 2 rings (SSSR count). The molecule has 1 saturated carbocycles. The van der Waals surface area contributed by atoms with Crippen LogP contribution in [0.15, 0.2) is 0 Å². The summed E-state index contributed by atoms with van der Waals surface area (Å²) in [5.74, 6) is 0.894. The first-order valence-electron chi connectivity index (χ1n) is 5.21. The van der Waals surface area contributed by atoms with Gasteiger partial charge in [-0.1, -0.05) is 0 Å². The maximum atomic E-state index is 10.6. The number of rotatable bonds is 2. The Hall–Kier alpha value is -0.570. The quantitative estimate of drug-likeness (QED) is 0.674. The Labute approximate surface area is 78.5 Å². The van der Waals surface area contributed by atoms with Crippen molar-refractivity contribution in [2.24, 2.45) is 17.8 Å². The molecule has 13 heavy (non-hydrogen) atoms. The van der Waals surface area contributed by atoms with Gasteiger partial charge in [-0.3, -0.25) is 4.79 Å². The third-order valence-corrected chi connectivity index (χ3v) is 3.57. The topological polar surface area (TPSA) is 49.3 Å². The van der Waals surface area contributed by atoms with Crippen molar-refractivity contribution in [3.63, 3.8) is 0 Å². The second-order valence-corrected chi connectivity index (χ2v) is 4.35. The van der Waals surface area contributed by atoms with Crippen molar-refractivity contribution in [2.75, 3.05) is 13.1 Å². The molecule has 1 aliphatic heterocycles. The summed E-state index contributed by atoms with van der Waals surface area (Å²) in [7, 11) is 0. The molecule has 0 atom stereocenters. The molecule has 3 nitrogen and oxygen atoms in total. The number of carboxylic acids is 1. The summed E-state index contributed by atoms with van der Waals surface area (Å²) < 4.78 is 0. The van der Waals surface area contributed by atoms with Crippen LogP contribution in [0.5, 0.6) is 0 Å². The average Bonchev–Trinajstić information content (AvgIpc) is 2.02. The van der Waals surface area contributed by atoms with Crippen LogP contribution in [0.3, 0.4) is 0 Å². The van der Waals surface area contributed by atoms with E-state index in [9.17, 15) is 4.79 Å². The predicted octanol–water partition coefficient (Wildman–Crippen LogP) is 1.10. The van der Waals surface area contributed by atoms with Gasteiger partial charge < -0.3 is 10.4 Å². The molecule has 2 aliphatic rings. The lowest BCUT2D eigenvalue weighted by atomic mass is 9.66. The molecule has 0 aromatic heterocycles. The Morgan fingerprint density at radius 1 is 1.15 bits per heavy atom. The van der Waals surface area contributed by atoms with Crippen molar-refractivity contribution in [1.82, 2.24) is 5.32 Å². The van der Waals surface area contributed by atoms with Gasteiger partial charge in [-0.15, -0.1) is 0 Å².